The number of aromatic nitrogens is 6. The van der Waals surface area contributed by atoms with E-state index in [1.54, 1.807) is 6.33 Å². The van der Waals surface area contributed by atoms with Crippen LogP contribution in [0.1, 0.15) is 28.7 Å². The zero-order chi connectivity index (χ0) is 20.1. The standard InChI is InChI=1S/C20H22N8O2/c1-13-3-2-5-28-16(13)11-15(25-28)18-17-14(21-12-22-17)4-6-27(18)20-24-23-19(30-20)26-7-9-29-10-8-26/h2-3,5,11-12,18H,4,6-10H2,1H3,(H,21,22). The molecule has 4 aromatic heterocycles. The van der Waals surface area contributed by atoms with Crippen molar-refractivity contribution in [2.75, 3.05) is 42.6 Å². The van der Waals surface area contributed by atoms with Crippen LogP contribution in [0, 0.1) is 6.92 Å². The van der Waals surface area contributed by atoms with E-state index in [-0.39, 0.29) is 6.04 Å². The molecule has 0 aromatic carbocycles. The normalized spacial score (nSPS) is 19.4. The summed E-state index contributed by atoms with van der Waals surface area (Å²) in [7, 11) is 0. The minimum atomic E-state index is -0.197. The number of aromatic amines is 1. The molecule has 0 aliphatic carbocycles. The van der Waals surface area contributed by atoms with Crippen LogP contribution in [0.2, 0.25) is 0 Å². The zero-order valence-electron chi connectivity index (χ0n) is 16.7. The van der Waals surface area contributed by atoms with Gasteiger partial charge >= 0.3 is 12.0 Å². The fourth-order valence-electron chi connectivity index (χ4n) is 4.30. The SMILES string of the molecule is Cc1cccn2nc(C3c4nc[nH]c4CCN3c3nnc(N4CCOCC4)o3)cc12. The van der Waals surface area contributed by atoms with Crippen molar-refractivity contribution in [2.45, 2.75) is 19.4 Å². The van der Waals surface area contributed by atoms with Gasteiger partial charge in [-0.15, -0.1) is 0 Å². The number of H-pyrrole nitrogens is 1. The predicted molar refractivity (Wildman–Crippen MR) is 109 cm³/mol. The van der Waals surface area contributed by atoms with Crippen LogP contribution in [0.3, 0.4) is 0 Å². The van der Waals surface area contributed by atoms with Gasteiger partial charge in [0, 0.05) is 37.9 Å². The molecule has 154 valence electrons. The molecule has 1 saturated heterocycles. The van der Waals surface area contributed by atoms with Gasteiger partial charge in [-0.2, -0.15) is 5.10 Å². The second kappa shape index (κ2) is 6.84. The van der Waals surface area contributed by atoms with Gasteiger partial charge in [0.05, 0.1) is 36.4 Å². The highest BCUT2D eigenvalue weighted by molar-refractivity contribution is 5.57. The molecule has 1 N–H and O–H groups in total. The van der Waals surface area contributed by atoms with Crippen molar-refractivity contribution in [3.63, 3.8) is 0 Å². The van der Waals surface area contributed by atoms with Crippen LogP contribution >= 0.6 is 0 Å². The van der Waals surface area contributed by atoms with E-state index in [0.717, 1.165) is 48.7 Å². The molecule has 30 heavy (non-hydrogen) atoms. The van der Waals surface area contributed by atoms with Crippen LogP contribution in [-0.4, -0.2) is 62.6 Å². The largest absolute Gasteiger partial charge is 0.389 e. The molecule has 0 radical (unpaired) electrons. The number of hydrogen-bond donors (Lipinski definition) is 1. The molecule has 2 aliphatic heterocycles. The molecular weight excluding hydrogens is 384 g/mol. The van der Waals surface area contributed by atoms with Crippen LogP contribution < -0.4 is 9.80 Å². The Hall–Kier alpha value is -3.40. The van der Waals surface area contributed by atoms with Gasteiger partial charge in [0.2, 0.25) is 0 Å². The first kappa shape index (κ1) is 17.5. The first-order valence-corrected chi connectivity index (χ1v) is 10.2. The van der Waals surface area contributed by atoms with E-state index in [9.17, 15) is 0 Å². The van der Waals surface area contributed by atoms with Gasteiger partial charge in [-0.25, -0.2) is 9.50 Å². The smallest absolute Gasteiger partial charge is 0.320 e. The van der Waals surface area contributed by atoms with Crippen LogP contribution in [0.5, 0.6) is 0 Å². The summed E-state index contributed by atoms with van der Waals surface area (Å²) in [5.74, 6) is 0. The zero-order valence-corrected chi connectivity index (χ0v) is 16.7. The first-order valence-electron chi connectivity index (χ1n) is 10.2. The summed E-state index contributed by atoms with van der Waals surface area (Å²) in [5, 5.41) is 13.5. The number of pyridine rings is 1. The van der Waals surface area contributed by atoms with E-state index in [4.69, 9.17) is 14.3 Å². The van der Waals surface area contributed by atoms with E-state index in [0.29, 0.717) is 25.2 Å². The summed E-state index contributed by atoms with van der Waals surface area (Å²) in [6.45, 7) is 5.66. The second-order valence-electron chi connectivity index (χ2n) is 7.67. The third-order valence-electron chi connectivity index (χ3n) is 5.87. The third kappa shape index (κ3) is 2.75. The monoisotopic (exact) mass is 406 g/mol. The van der Waals surface area contributed by atoms with E-state index < -0.39 is 0 Å². The second-order valence-corrected chi connectivity index (χ2v) is 7.67. The Labute approximate surface area is 172 Å². The number of morpholine rings is 1. The molecule has 6 heterocycles. The molecule has 10 nitrogen and oxygen atoms in total. The van der Waals surface area contributed by atoms with Crippen molar-refractivity contribution in [3.8, 4) is 0 Å². The molecule has 0 spiro atoms. The predicted octanol–water partition coefficient (Wildman–Crippen LogP) is 1.74. The maximum absolute atomic E-state index is 6.11. The summed E-state index contributed by atoms with van der Waals surface area (Å²) in [6, 6.07) is 7.04. The Balaban J connectivity index is 1.42. The molecule has 1 unspecified atom stereocenters. The van der Waals surface area contributed by atoms with Crippen molar-refractivity contribution in [2.24, 2.45) is 0 Å². The summed E-state index contributed by atoms with van der Waals surface area (Å²) >= 11 is 0. The molecule has 1 fully saturated rings. The molecule has 2 aliphatic rings. The van der Waals surface area contributed by atoms with Gasteiger partial charge < -0.3 is 23.9 Å². The minimum Gasteiger partial charge on any atom is -0.389 e. The van der Waals surface area contributed by atoms with Crippen molar-refractivity contribution in [1.29, 1.82) is 0 Å². The van der Waals surface area contributed by atoms with Gasteiger partial charge in [-0.1, -0.05) is 16.3 Å². The van der Waals surface area contributed by atoms with Crippen molar-refractivity contribution >= 4 is 17.5 Å². The lowest BCUT2D eigenvalue weighted by molar-refractivity contribution is 0.120. The molecule has 10 heteroatoms. The van der Waals surface area contributed by atoms with Crippen LogP contribution in [0.4, 0.5) is 12.0 Å². The maximum Gasteiger partial charge on any atom is 0.320 e. The van der Waals surface area contributed by atoms with E-state index in [1.807, 2.05) is 16.8 Å². The molecule has 0 saturated carbocycles. The molecule has 0 bridgehead atoms. The Morgan fingerprint density at radius 1 is 1.13 bits per heavy atom. The summed E-state index contributed by atoms with van der Waals surface area (Å²) in [5.41, 5.74) is 5.23. The summed E-state index contributed by atoms with van der Waals surface area (Å²) in [6.07, 6.45) is 4.54. The highest BCUT2D eigenvalue weighted by Gasteiger charge is 2.36. The summed E-state index contributed by atoms with van der Waals surface area (Å²) in [4.78, 5) is 12.1. The Morgan fingerprint density at radius 3 is 2.87 bits per heavy atom. The van der Waals surface area contributed by atoms with Crippen LogP contribution in [0.25, 0.3) is 5.52 Å². The highest BCUT2D eigenvalue weighted by Crippen LogP contribution is 2.37. The van der Waals surface area contributed by atoms with Gasteiger partial charge in [-0.3, -0.25) is 0 Å². The van der Waals surface area contributed by atoms with Gasteiger partial charge in [0.1, 0.15) is 6.04 Å². The first-order chi connectivity index (χ1) is 14.8. The van der Waals surface area contributed by atoms with E-state index >= 15 is 0 Å². The molecule has 4 aromatic rings. The van der Waals surface area contributed by atoms with E-state index in [2.05, 4.69) is 49.0 Å². The van der Waals surface area contributed by atoms with Gasteiger partial charge in [0.25, 0.3) is 0 Å². The molecule has 1 atom stereocenters. The Bertz CT molecular complexity index is 1190. The quantitative estimate of drug-likeness (QED) is 0.549. The molecule has 0 amide bonds. The third-order valence-corrected chi connectivity index (χ3v) is 5.87. The van der Waals surface area contributed by atoms with Crippen molar-refractivity contribution < 1.29 is 9.15 Å². The minimum absolute atomic E-state index is 0.197. The van der Waals surface area contributed by atoms with Gasteiger partial charge in [-0.05, 0) is 24.6 Å². The van der Waals surface area contributed by atoms with Gasteiger partial charge in [0.15, 0.2) is 0 Å². The summed E-state index contributed by atoms with van der Waals surface area (Å²) < 4.78 is 13.4. The number of anilines is 2. The lowest BCUT2D eigenvalue weighted by Gasteiger charge is -2.32. The fourth-order valence-corrected chi connectivity index (χ4v) is 4.30. The highest BCUT2D eigenvalue weighted by atomic mass is 16.5. The average molecular weight is 406 g/mol. The Kier molecular flexibility index (Phi) is 3.98. The fraction of sp³-hybridized carbons (Fsp3) is 0.400. The van der Waals surface area contributed by atoms with E-state index in [1.165, 1.54) is 5.56 Å². The lowest BCUT2D eigenvalue weighted by Crippen LogP contribution is -2.37. The van der Waals surface area contributed by atoms with Crippen LogP contribution in [-0.2, 0) is 11.2 Å². The topological polar surface area (TPSA) is 101 Å². The lowest BCUT2D eigenvalue weighted by atomic mass is 10.00. The number of nitrogens with zero attached hydrogens (tertiary/aromatic N) is 7. The van der Waals surface area contributed by atoms with Crippen molar-refractivity contribution in [1.82, 2.24) is 29.8 Å². The average Bonchev–Trinajstić information content (AvgIpc) is 3.52. The number of ether oxygens (including phenoxy) is 1. The number of imidazole rings is 1. The number of hydrogen-bond acceptors (Lipinski definition) is 8. The number of rotatable bonds is 3. The van der Waals surface area contributed by atoms with Crippen LogP contribution in [0.15, 0.2) is 35.1 Å². The molecule has 6 rings (SSSR count). The maximum atomic E-state index is 6.11. The van der Waals surface area contributed by atoms with Crippen molar-refractivity contribution in [3.05, 3.63) is 53.4 Å². The number of fused-ring (bicyclic) bond motifs is 2. The Morgan fingerprint density at radius 2 is 2.00 bits per heavy atom. The number of nitrogens with one attached hydrogen (secondary N) is 1. The number of aryl methyl sites for hydroxylation is 1. The molecular formula is C20H22N8O2.